The molecule has 1 unspecified atom stereocenters. The summed E-state index contributed by atoms with van der Waals surface area (Å²) in [7, 11) is 0. The first-order valence-electron chi connectivity index (χ1n) is 3.48. The highest BCUT2D eigenvalue weighted by Crippen LogP contribution is 1.89. The maximum absolute atomic E-state index is 5.12. The van der Waals surface area contributed by atoms with Crippen LogP contribution in [0.2, 0.25) is 0 Å². The summed E-state index contributed by atoms with van der Waals surface area (Å²) in [5.74, 6) is 2.60. The van der Waals surface area contributed by atoms with E-state index in [1.165, 1.54) is 0 Å². The van der Waals surface area contributed by atoms with Gasteiger partial charge in [0, 0.05) is 19.0 Å². The van der Waals surface area contributed by atoms with Crippen LogP contribution in [0, 0.1) is 12.3 Å². The number of hydrogen-bond donors (Lipinski definition) is 1. The minimum Gasteiger partial charge on any atom is -0.310 e. The summed E-state index contributed by atoms with van der Waals surface area (Å²) >= 11 is 0. The molecule has 0 amide bonds. The first-order chi connectivity index (χ1) is 4.66. The van der Waals surface area contributed by atoms with Gasteiger partial charge in [-0.25, -0.2) is 0 Å². The Morgan fingerprint density at radius 1 is 1.80 bits per heavy atom. The molecule has 0 aromatic heterocycles. The van der Waals surface area contributed by atoms with Crippen molar-refractivity contribution in [2.24, 2.45) is 0 Å². The van der Waals surface area contributed by atoms with Crippen molar-refractivity contribution in [3.05, 3.63) is 12.2 Å². The Kier molecular flexibility index (Phi) is 4.70. The zero-order valence-electron chi connectivity index (χ0n) is 6.78. The second kappa shape index (κ2) is 5.08. The van der Waals surface area contributed by atoms with E-state index in [0.717, 1.165) is 18.5 Å². The van der Waals surface area contributed by atoms with Crippen molar-refractivity contribution < 1.29 is 0 Å². The van der Waals surface area contributed by atoms with Crippen molar-refractivity contribution in [2.75, 3.05) is 6.54 Å². The van der Waals surface area contributed by atoms with Crippen molar-refractivity contribution in [2.45, 2.75) is 26.3 Å². The third kappa shape index (κ3) is 5.40. The van der Waals surface area contributed by atoms with Crippen LogP contribution in [-0.4, -0.2) is 12.6 Å². The summed E-state index contributed by atoms with van der Waals surface area (Å²) in [5.41, 5.74) is 1.14. The molecule has 0 rings (SSSR count). The highest BCUT2D eigenvalue weighted by molar-refractivity contribution is 4.94. The predicted octanol–water partition coefficient (Wildman–Crippen LogP) is 1.56. The van der Waals surface area contributed by atoms with E-state index in [2.05, 4.69) is 24.7 Å². The highest BCUT2D eigenvalue weighted by Gasteiger charge is 1.96. The molecule has 0 spiro atoms. The van der Waals surface area contributed by atoms with Crippen LogP contribution < -0.4 is 5.32 Å². The molecule has 56 valence electrons. The Hall–Kier alpha value is -0.740. The topological polar surface area (TPSA) is 12.0 Å². The molecule has 0 fully saturated rings. The second-order valence-electron chi connectivity index (χ2n) is 2.65. The Morgan fingerprint density at radius 2 is 2.40 bits per heavy atom. The average Bonchev–Trinajstić information content (AvgIpc) is 1.85. The van der Waals surface area contributed by atoms with E-state index in [1.807, 2.05) is 6.92 Å². The van der Waals surface area contributed by atoms with Crippen LogP contribution in [0.15, 0.2) is 12.2 Å². The van der Waals surface area contributed by atoms with Gasteiger partial charge in [-0.2, -0.15) is 0 Å². The number of nitrogens with one attached hydrogen (secondary N) is 1. The van der Waals surface area contributed by atoms with Gasteiger partial charge in [0.15, 0.2) is 0 Å². The second-order valence-corrected chi connectivity index (χ2v) is 2.65. The van der Waals surface area contributed by atoms with Crippen molar-refractivity contribution in [3.8, 4) is 12.3 Å². The van der Waals surface area contributed by atoms with Gasteiger partial charge in [0.2, 0.25) is 0 Å². The SMILES string of the molecule is C#CCC(C)NCC(=C)C. The van der Waals surface area contributed by atoms with Crippen LogP contribution in [0.4, 0.5) is 0 Å². The normalized spacial score (nSPS) is 12.1. The number of terminal acetylenes is 1. The largest absolute Gasteiger partial charge is 0.310 e. The Bertz CT molecular complexity index is 141. The van der Waals surface area contributed by atoms with E-state index in [9.17, 15) is 0 Å². The van der Waals surface area contributed by atoms with E-state index in [1.54, 1.807) is 0 Å². The van der Waals surface area contributed by atoms with Gasteiger partial charge in [-0.15, -0.1) is 12.3 Å². The molecule has 0 aromatic carbocycles. The first-order valence-corrected chi connectivity index (χ1v) is 3.48. The minimum absolute atomic E-state index is 0.404. The fraction of sp³-hybridized carbons (Fsp3) is 0.556. The van der Waals surface area contributed by atoms with Crippen molar-refractivity contribution in [1.29, 1.82) is 0 Å². The van der Waals surface area contributed by atoms with Crippen LogP contribution in [0.3, 0.4) is 0 Å². The van der Waals surface area contributed by atoms with Crippen LogP contribution in [0.5, 0.6) is 0 Å². The van der Waals surface area contributed by atoms with Gasteiger partial charge in [0.05, 0.1) is 0 Å². The third-order valence-corrected chi connectivity index (χ3v) is 1.18. The summed E-state index contributed by atoms with van der Waals surface area (Å²) in [6.07, 6.45) is 5.91. The fourth-order valence-electron chi connectivity index (χ4n) is 0.597. The van der Waals surface area contributed by atoms with E-state index in [0.29, 0.717) is 6.04 Å². The van der Waals surface area contributed by atoms with Gasteiger partial charge in [0.1, 0.15) is 0 Å². The van der Waals surface area contributed by atoms with Gasteiger partial charge in [-0.1, -0.05) is 12.2 Å². The average molecular weight is 137 g/mol. The van der Waals surface area contributed by atoms with Gasteiger partial charge in [0.25, 0.3) is 0 Å². The molecule has 0 aliphatic carbocycles. The fourth-order valence-corrected chi connectivity index (χ4v) is 0.597. The Morgan fingerprint density at radius 3 is 2.80 bits per heavy atom. The van der Waals surface area contributed by atoms with Gasteiger partial charge < -0.3 is 5.32 Å². The lowest BCUT2D eigenvalue weighted by Crippen LogP contribution is -2.26. The van der Waals surface area contributed by atoms with Crippen LogP contribution in [-0.2, 0) is 0 Å². The first kappa shape index (κ1) is 9.26. The quantitative estimate of drug-likeness (QED) is 0.458. The van der Waals surface area contributed by atoms with E-state index < -0.39 is 0 Å². The summed E-state index contributed by atoms with van der Waals surface area (Å²) < 4.78 is 0. The van der Waals surface area contributed by atoms with Crippen molar-refractivity contribution >= 4 is 0 Å². The molecule has 0 saturated heterocycles. The maximum atomic E-state index is 5.12. The van der Waals surface area contributed by atoms with E-state index >= 15 is 0 Å². The van der Waals surface area contributed by atoms with Crippen molar-refractivity contribution in [1.82, 2.24) is 5.32 Å². The lowest BCUT2D eigenvalue weighted by atomic mass is 10.2. The van der Waals surface area contributed by atoms with Gasteiger partial charge in [-0.3, -0.25) is 0 Å². The van der Waals surface area contributed by atoms with Crippen molar-refractivity contribution in [3.63, 3.8) is 0 Å². The summed E-state index contributed by atoms with van der Waals surface area (Å²) in [6.45, 7) is 8.70. The molecule has 1 N–H and O–H groups in total. The molecule has 0 radical (unpaired) electrons. The summed E-state index contributed by atoms with van der Waals surface area (Å²) in [4.78, 5) is 0. The molecule has 0 aliphatic heterocycles. The lowest BCUT2D eigenvalue weighted by molar-refractivity contribution is 0.589. The molecular weight excluding hydrogens is 122 g/mol. The Balaban J connectivity index is 3.32. The zero-order valence-corrected chi connectivity index (χ0v) is 6.78. The van der Waals surface area contributed by atoms with Gasteiger partial charge in [-0.05, 0) is 13.8 Å². The standard InChI is InChI=1S/C9H15N/c1-5-6-9(4)10-7-8(2)3/h1,9-10H,2,6-7H2,3-4H3. The van der Waals surface area contributed by atoms with Crippen LogP contribution in [0.1, 0.15) is 20.3 Å². The molecular formula is C9H15N. The molecule has 0 aromatic rings. The molecule has 0 bridgehead atoms. The molecule has 0 aliphatic rings. The lowest BCUT2D eigenvalue weighted by Gasteiger charge is -2.09. The zero-order chi connectivity index (χ0) is 7.98. The molecule has 1 heteroatoms. The maximum Gasteiger partial charge on any atom is 0.0238 e. The number of hydrogen-bond acceptors (Lipinski definition) is 1. The van der Waals surface area contributed by atoms with E-state index in [4.69, 9.17) is 6.42 Å². The predicted molar refractivity (Wildman–Crippen MR) is 45.7 cm³/mol. The minimum atomic E-state index is 0.404. The smallest absolute Gasteiger partial charge is 0.0238 e. The van der Waals surface area contributed by atoms with Crippen LogP contribution >= 0.6 is 0 Å². The highest BCUT2D eigenvalue weighted by atomic mass is 14.9. The summed E-state index contributed by atoms with van der Waals surface area (Å²) in [6, 6.07) is 0.404. The Labute approximate surface area is 63.5 Å². The van der Waals surface area contributed by atoms with Gasteiger partial charge >= 0.3 is 0 Å². The third-order valence-electron chi connectivity index (χ3n) is 1.18. The summed E-state index contributed by atoms with van der Waals surface area (Å²) in [5, 5.41) is 3.24. The molecule has 1 nitrogen and oxygen atoms in total. The van der Waals surface area contributed by atoms with Crippen LogP contribution in [0.25, 0.3) is 0 Å². The monoisotopic (exact) mass is 137 g/mol. The molecule has 1 atom stereocenters. The van der Waals surface area contributed by atoms with E-state index in [-0.39, 0.29) is 0 Å². The number of rotatable bonds is 4. The molecule has 0 heterocycles. The molecule has 0 saturated carbocycles. The molecule has 10 heavy (non-hydrogen) atoms.